The van der Waals surface area contributed by atoms with Crippen molar-refractivity contribution in [3.05, 3.63) is 0 Å². The van der Waals surface area contributed by atoms with Gasteiger partial charge in [-0.1, -0.05) is 18.7 Å². The molecule has 1 aliphatic heterocycles. The van der Waals surface area contributed by atoms with Crippen molar-refractivity contribution in [3.8, 4) is 0 Å². The molecule has 2 atom stereocenters. The maximum atomic E-state index is 12.2. The summed E-state index contributed by atoms with van der Waals surface area (Å²) in [7, 11) is -4.56. The van der Waals surface area contributed by atoms with Crippen molar-refractivity contribution < 1.29 is 23.9 Å². The van der Waals surface area contributed by atoms with Crippen LogP contribution in [0.3, 0.4) is 0 Å². The minimum absolute atomic E-state index is 0.112. The molecule has 0 spiro atoms. The van der Waals surface area contributed by atoms with Crippen molar-refractivity contribution in [1.82, 2.24) is 5.32 Å². The lowest BCUT2D eigenvalue weighted by atomic mass is 10.00. The summed E-state index contributed by atoms with van der Waals surface area (Å²) in [5.74, 6) is -0.823. The van der Waals surface area contributed by atoms with Gasteiger partial charge in [-0.25, -0.2) is 0 Å². The molecule has 1 rings (SSSR count). The summed E-state index contributed by atoms with van der Waals surface area (Å²) in [4.78, 5) is 41.9. The third-order valence-corrected chi connectivity index (χ3v) is 5.69. The van der Waals surface area contributed by atoms with Gasteiger partial charge in [-0.15, -0.1) is 0 Å². The van der Waals surface area contributed by atoms with Gasteiger partial charge in [0.1, 0.15) is 0 Å². The van der Waals surface area contributed by atoms with Crippen LogP contribution >= 0.6 is 19.4 Å². The highest BCUT2D eigenvalue weighted by molar-refractivity contribution is 8.13. The van der Waals surface area contributed by atoms with Gasteiger partial charge in [0.2, 0.25) is 0 Å². The Hall–Kier alpha value is -0.200. The van der Waals surface area contributed by atoms with Crippen LogP contribution in [0.15, 0.2) is 0 Å². The van der Waals surface area contributed by atoms with E-state index in [-0.39, 0.29) is 17.3 Å². The van der Waals surface area contributed by atoms with Crippen LogP contribution in [-0.2, 0) is 14.2 Å². The fourth-order valence-electron chi connectivity index (χ4n) is 2.06. The molecule has 6 nitrogen and oxygen atoms in total. The fourth-order valence-corrected chi connectivity index (χ4v) is 3.97. The van der Waals surface area contributed by atoms with E-state index < -0.39 is 24.6 Å². The van der Waals surface area contributed by atoms with E-state index in [1.807, 2.05) is 0 Å². The Bertz CT molecular complexity index is 388. The summed E-state index contributed by atoms with van der Waals surface area (Å²) < 4.78 is 11.6. The Morgan fingerprint density at radius 1 is 1.50 bits per heavy atom. The van der Waals surface area contributed by atoms with Gasteiger partial charge in [0.15, 0.2) is 16.2 Å². The average molecular weight is 295 g/mol. The number of hydrogen-bond acceptors (Lipinski definition) is 5. The van der Waals surface area contributed by atoms with E-state index in [2.05, 4.69) is 5.32 Å². The van der Waals surface area contributed by atoms with Gasteiger partial charge in [0.25, 0.3) is 0 Å². The zero-order valence-corrected chi connectivity index (χ0v) is 12.1. The molecular weight excluding hydrogens is 277 g/mol. The molecule has 0 amide bonds. The second kappa shape index (κ2) is 5.84. The van der Waals surface area contributed by atoms with Crippen LogP contribution in [0.4, 0.5) is 0 Å². The summed E-state index contributed by atoms with van der Waals surface area (Å²) in [5, 5.41) is 0.813. The molecule has 0 bridgehead atoms. The third kappa shape index (κ3) is 3.22. The quantitative estimate of drug-likeness (QED) is 0.642. The predicted molar refractivity (Wildman–Crippen MR) is 69.3 cm³/mol. The number of hydrogen-bond donors (Lipinski definition) is 3. The van der Waals surface area contributed by atoms with Crippen LogP contribution in [-0.4, -0.2) is 38.3 Å². The van der Waals surface area contributed by atoms with Crippen LogP contribution in [0.1, 0.15) is 26.7 Å². The molecule has 0 aliphatic carbocycles. The molecule has 3 N–H and O–H groups in total. The predicted octanol–water partition coefficient (Wildman–Crippen LogP) is 0.729. The SMILES string of the molecule is CC(=O)SCC(C)C(=O)C1(P(=O)(O)O)CCCN1. The summed E-state index contributed by atoms with van der Waals surface area (Å²) in [6.45, 7) is 3.41. The average Bonchev–Trinajstić information content (AvgIpc) is 2.74. The summed E-state index contributed by atoms with van der Waals surface area (Å²) in [5.41, 5.74) is 0. The molecule has 2 unspecified atom stereocenters. The summed E-state index contributed by atoms with van der Waals surface area (Å²) >= 11 is 0.995. The van der Waals surface area contributed by atoms with E-state index in [9.17, 15) is 23.9 Å². The van der Waals surface area contributed by atoms with Crippen molar-refractivity contribution >= 4 is 30.3 Å². The lowest BCUT2D eigenvalue weighted by Crippen LogP contribution is -2.50. The van der Waals surface area contributed by atoms with Gasteiger partial charge in [0, 0.05) is 18.6 Å². The monoisotopic (exact) mass is 295 g/mol. The fraction of sp³-hybridized carbons (Fsp3) is 0.800. The Kier molecular flexibility index (Phi) is 5.14. The van der Waals surface area contributed by atoms with Crippen molar-refractivity contribution in [3.63, 3.8) is 0 Å². The molecule has 0 saturated carbocycles. The second-order valence-electron chi connectivity index (χ2n) is 4.50. The van der Waals surface area contributed by atoms with Gasteiger partial charge in [-0.2, -0.15) is 0 Å². The van der Waals surface area contributed by atoms with E-state index >= 15 is 0 Å². The van der Waals surface area contributed by atoms with Gasteiger partial charge in [-0.3, -0.25) is 19.5 Å². The van der Waals surface area contributed by atoms with Gasteiger partial charge in [0.05, 0.1) is 0 Å². The molecule has 1 heterocycles. The van der Waals surface area contributed by atoms with Crippen LogP contribution in [0, 0.1) is 5.92 Å². The molecule has 0 aromatic heterocycles. The summed E-state index contributed by atoms with van der Waals surface area (Å²) in [6.07, 6.45) is 0.703. The molecule has 0 aromatic rings. The molecule has 0 aromatic carbocycles. The number of ketones is 1. The van der Waals surface area contributed by atoms with Crippen molar-refractivity contribution in [2.75, 3.05) is 12.3 Å². The topological polar surface area (TPSA) is 104 Å². The van der Waals surface area contributed by atoms with E-state index in [1.54, 1.807) is 6.92 Å². The molecule has 18 heavy (non-hydrogen) atoms. The maximum Gasteiger partial charge on any atom is 0.353 e. The number of thioether (sulfide) groups is 1. The van der Waals surface area contributed by atoms with Crippen LogP contribution < -0.4 is 5.32 Å². The number of rotatable bonds is 5. The normalized spacial score (nSPS) is 26.0. The smallest absolute Gasteiger partial charge is 0.323 e. The van der Waals surface area contributed by atoms with Crippen LogP contribution in [0.25, 0.3) is 0 Å². The number of Topliss-reactive ketones (excluding diaryl/α,β-unsaturated/α-hetero) is 1. The standard InChI is InChI=1S/C10H18NO5PS/c1-7(6-18-8(2)12)9(13)10(17(14,15)16)4-3-5-11-10/h7,11H,3-6H2,1-2H3,(H2,14,15,16). The van der Waals surface area contributed by atoms with E-state index in [0.29, 0.717) is 13.0 Å². The first-order valence-corrected chi connectivity index (χ1v) is 8.29. The van der Waals surface area contributed by atoms with Crippen molar-refractivity contribution in [2.45, 2.75) is 32.0 Å². The first-order chi connectivity index (χ1) is 8.21. The number of carbonyl (C=O) groups excluding carboxylic acids is 2. The Morgan fingerprint density at radius 2 is 2.11 bits per heavy atom. The Balaban J connectivity index is 2.84. The lowest BCUT2D eigenvalue weighted by Gasteiger charge is -2.30. The molecular formula is C10H18NO5PS. The van der Waals surface area contributed by atoms with Gasteiger partial charge < -0.3 is 9.79 Å². The molecule has 1 saturated heterocycles. The first kappa shape index (κ1) is 15.9. The molecule has 8 heteroatoms. The second-order valence-corrected chi connectivity index (χ2v) is 7.55. The maximum absolute atomic E-state index is 12.2. The summed E-state index contributed by atoms with van der Waals surface area (Å²) in [6, 6.07) is 0. The van der Waals surface area contributed by atoms with E-state index in [0.717, 1.165) is 11.8 Å². The first-order valence-electron chi connectivity index (χ1n) is 5.69. The zero-order valence-electron chi connectivity index (χ0n) is 10.4. The Morgan fingerprint density at radius 3 is 2.50 bits per heavy atom. The molecule has 1 aliphatic rings. The minimum atomic E-state index is -4.56. The molecule has 0 radical (unpaired) electrons. The third-order valence-electron chi connectivity index (χ3n) is 3.02. The largest absolute Gasteiger partial charge is 0.353 e. The van der Waals surface area contributed by atoms with Gasteiger partial charge >= 0.3 is 7.60 Å². The number of carbonyl (C=O) groups is 2. The van der Waals surface area contributed by atoms with Crippen LogP contribution in [0.5, 0.6) is 0 Å². The zero-order chi connectivity index (χ0) is 14.0. The highest BCUT2D eigenvalue weighted by atomic mass is 32.2. The van der Waals surface area contributed by atoms with E-state index in [4.69, 9.17) is 0 Å². The van der Waals surface area contributed by atoms with E-state index in [1.165, 1.54) is 6.92 Å². The highest BCUT2D eigenvalue weighted by Crippen LogP contribution is 2.54. The highest BCUT2D eigenvalue weighted by Gasteiger charge is 2.55. The lowest BCUT2D eigenvalue weighted by molar-refractivity contribution is -0.125. The van der Waals surface area contributed by atoms with Crippen molar-refractivity contribution in [1.29, 1.82) is 0 Å². The van der Waals surface area contributed by atoms with Gasteiger partial charge in [-0.05, 0) is 19.4 Å². The molecule has 1 fully saturated rings. The number of nitrogens with one attached hydrogen (secondary N) is 1. The Labute approximate surface area is 110 Å². The van der Waals surface area contributed by atoms with Crippen LogP contribution in [0.2, 0.25) is 0 Å². The van der Waals surface area contributed by atoms with Crippen molar-refractivity contribution in [2.24, 2.45) is 5.92 Å². The molecule has 104 valence electrons. The minimum Gasteiger partial charge on any atom is -0.323 e.